The monoisotopic (exact) mass is 294 g/mol. The maximum Gasteiger partial charge on any atom is 0.251 e. The van der Waals surface area contributed by atoms with Crippen LogP contribution in [0.15, 0.2) is 18.2 Å². The van der Waals surface area contributed by atoms with Gasteiger partial charge in [-0.25, -0.2) is 0 Å². The fourth-order valence-electron chi connectivity index (χ4n) is 2.34. The summed E-state index contributed by atoms with van der Waals surface area (Å²) in [6, 6.07) is 5.18. The molecular weight excluding hydrogens is 272 g/mol. The molecule has 1 saturated carbocycles. The smallest absolute Gasteiger partial charge is 0.251 e. The number of anilines is 1. The molecule has 1 aliphatic rings. The van der Waals surface area contributed by atoms with Gasteiger partial charge in [0.25, 0.3) is 5.91 Å². The number of hydrogen-bond acceptors (Lipinski definition) is 4. The summed E-state index contributed by atoms with van der Waals surface area (Å²) in [4.78, 5) is 12.2. The number of carbonyl (C=O) groups is 1. The van der Waals surface area contributed by atoms with Crippen molar-refractivity contribution in [3.05, 3.63) is 23.8 Å². The molecule has 110 valence electrons. The Bertz CT molecular complexity index is 481. The molecule has 4 nitrogen and oxygen atoms in total. The van der Waals surface area contributed by atoms with Crippen molar-refractivity contribution in [2.24, 2.45) is 0 Å². The van der Waals surface area contributed by atoms with Gasteiger partial charge in [-0.3, -0.25) is 4.79 Å². The first-order chi connectivity index (χ1) is 9.60. The maximum atomic E-state index is 12.2. The van der Waals surface area contributed by atoms with Crippen LogP contribution in [0.5, 0.6) is 5.75 Å². The Morgan fingerprint density at radius 3 is 2.75 bits per heavy atom. The Hall–Kier alpha value is -1.36. The number of thioether (sulfide) groups is 1. The van der Waals surface area contributed by atoms with Crippen LogP contribution in [0.2, 0.25) is 0 Å². The van der Waals surface area contributed by atoms with Crippen LogP contribution in [0.4, 0.5) is 5.69 Å². The molecule has 0 heterocycles. The van der Waals surface area contributed by atoms with Crippen molar-refractivity contribution in [2.75, 3.05) is 25.1 Å². The molecule has 1 aliphatic carbocycles. The molecule has 20 heavy (non-hydrogen) atoms. The van der Waals surface area contributed by atoms with E-state index in [1.54, 1.807) is 18.2 Å². The zero-order valence-electron chi connectivity index (χ0n) is 12.1. The Labute approximate surface area is 124 Å². The minimum atomic E-state index is -0.0694. The standard InChI is InChI=1S/C15H22N2O2S/c1-3-19-13-6-5-11(9-12(13)16)14(18)17-10-15(20-2)7-4-8-15/h5-6,9H,3-4,7-8,10,16H2,1-2H3,(H,17,18). The van der Waals surface area contributed by atoms with Crippen LogP contribution in [0.3, 0.4) is 0 Å². The van der Waals surface area contributed by atoms with Crippen LogP contribution in [0.1, 0.15) is 36.5 Å². The van der Waals surface area contributed by atoms with E-state index in [-0.39, 0.29) is 10.7 Å². The molecule has 0 radical (unpaired) electrons. The van der Waals surface area contributed by atoms with Gasteiger partial charge in [-0.15, -0.1) is 0 Å². The van der Waals surface area contributed by atoms with Crippen molar-refractivity contribution in [1.82, 2.24) is 5.32 Å². The first-order valence-corrected chi connectivity index (χ1v) is 8.18. The number of nitrogens with two attached hydrogens (primary N) is 1. The van der Waals surface area contributed by atoms with Crippen molar-refractivity contribution >= 4 is 23.4 Å². The summed E-state index contributed by atoms with van der Waals surface area (Å²) in [7, 11) is 0. The average Bonchev–Trinajstić information content (AvgIpc) is 2.40. The van der Waals surface area contributed by atoms with E-state index in [9.17, 15) is 4.79 Å². The molecule has 0 atom stereocenters. The van der Waals surface area contributed by atoms with Gasteiger partial charge in [0.2, 0.25) is 0 Å². The summed E-state index contributed by atoms with van der Waals surface area (Å²) in [5, 5.41) is 3.02. The Morgan fingerprint density at radius 2 is 2.25 bits per heavy atom. The largest absolute Gasteiger partial charge is 0.492 e. The van der Waals surface area contributed by atoms with Crippen LogP contribution in [0.25, 0.3) is 0 Å². The van der Waals surface area contributed by atoms with Crippen molar-refractivity contribution in [3.8, 4) is 5.75 Å². The highest BCUT2D eigenvalue weighted by Gasteiger charge is 2.36. The molecule has 3 N–H and O–H groups in total. The molecule has 5 heteroatoms. The summed E-state index contributed by atoms with van der Waals surface area (Å²) < 4.78 is 5.61. The molecule has 0 saturated heterocycles. The number of ether oxygens (including phenoxy) is 1. The number of carbonyl (C=O) groups excluding carboxylic acids is 1. The highest BCUT2D eigenvalue weighted by atomic mass is 32.2. The van der Waals surface area contributed by atoms with Crippen molar-refractivity contribution in [2.45, 2.75) is 30.9 Å². The molecule has 1 fully saturated rings. The highest BCUT2D eigenvalue weighted by Crippen LogP contribution is 2.42. The molecule has 0 unspecified atom stereocenters. The minimum Gasteiger partial charge on any atom is -0.492 e. The summed E-state index contributed by atoms with van der Waals surface area (Å²) >= 11 is 1.85. The minimum absolute atomic E-state index is 0.0694. The molecular formula is C15H22N2O2S. The van der Waals surface area contributed by atoms with Gasteiger partial charge in [-0.2, -0.15) is 11.8 Å². The topological polar surface area (TPSA) is 64.3 Å². The second kappa shape index (κ2) is 6.39. The molecule has 1 amide bonds. The van der Waals surface area contributed by atoms with Gasteiger partial charge in [-0.05, 0) is 44.2 Å². The summed E-state index contributed by atoms with van der Waals surface area (Å²) in [6.45, 7) is 3.19. The lowest BCUT2D eigenvalue weighted by Crippen LogP contribution is -2.45. The first kappa shape index (κ1) is 15.0. The summed E-state index contributed by atoms with van der Waals surface area (Å²) in [5.74, 6) is 0.559. The number of nitrogens with one attached hydrogen (secondary N) is 1. The van der Waals surface area contributed by atoms with E-state index < -0.39 is 0 Å². The van der Waals surface area contributed by atoms with Gasteiger partial charge >= 0.3 is 0 Å². The van der Waals surface area contributed by atoms with Crippen LogP contribution >= 0.6 is 11.8 Å². The lowest BCUT2D eigenvalue weighted by molar-refractivity contribution is 0.0944. The fraction of sp³-hybridized carbons (Fsp3) is 0.533. The summed E-state index contributed by atoms with van der Waals surface area (Å²) in [6.07, 6.45) is 5.73. The van der Waals surface area contributed by atoms with Crippen molar-refractivity contribution in [3.63, 3.8) is 0 Å². The van der Waals surface area contributed by atoms with E-state index in [4.69, 9.17) is 10.5 Å². The third-order valence-corrected chi connectivity index (χ3v) is 5.26. The van der Waals surface area contributed by atoms with E-state index in [2.05, 4.69) is 11.6 Å². The van der Waals surface area contributed by atoms with Gasteiger partial charge < -0.3 is 15.8 Å². The zero-order chi connectivity index (χ0) is 14.6. The van der Waals surface area contributed by atoms with Gasteiger partial charge in [0.15, 0.2) is 0 Å². The zero-order valence-corrected chi connectivity index (χ0v) is 12.9. The number of amides is 1. The normalized spacial score (nSPS) is 16.3. The Kier molecular flexibility index (Phi) is 4.81. The molecule has 1 aromatic carbocycles. The van der Waals surface area contributed by atoms with Gasteiger partial charge in [-0.1, -0.05) is 6.42 Å². The second-order valence-electron chi connectivity index (χ2n) is 5.11. The Balaban J connectivity index is 1.97. The molecule has 0 spiro atoms. The van der Waals surface area contributed by atoms with Gasteiger partial charge in [0.1, 0.15) is 5.75 Å². The third-order valence-electron chi connectivity index (χ3n) is 3.84. The van der Waals surface area contributed by atoms with Crippen LogP contribution in [-0.4, -0.2) is 30.1 Å². The third kappa shape index (κ3) is 3.20. The van der Waals surface area contributed by atoms with E-state index in [0.717, 1.165) is 6.54 Å². The molecule has 1 aromatic rings. The van der Waals surface area contributed by atoms with E-state index >= 15 is 0 Å². The lowest BCUT2D eigenvalue weighted by Gasteiger charge is -2.40. The summed E-state index contributed by atoms with van der Waals surface area (Å²) in [5.41, 5.74) is 6.97. The average molecular weight is 294 g/mol. The predicted octanol–water partition coefficient (Wildman–Crippen LogP) is 2.68. The van der Waals surface area contributed by atoms with Gasteiger partial charge in [0.05, 0.1) is 12.3 Å². The van der Waals surface area contributed by atoms with E-state index in [1.807, 2.05) is 18.7 Å². The highest BCUT2D eigenvalue weighted by molar-refractivity contribution is 8.00. The quantitative estimate of drug-likeness (QED) is 0.792. The van der Waals surface area contributed by atoms with Crippen LogP contribution in [-0.2, 0) is 0 Å². The number of rotatable bonds is 6. The van der Waals surface area contributed by atoms with Crippen molar-refractivity contribution in [1.29, 1.82) is 0 Å². The Morgan fingerprint density at radius 1 is 1.50 bits per heavy atom. The molecule has 0 bridgehead atoms. The predicted molar refractivity (Wildman–Crippen MR) is 84.5 cm³/mol. The van der Waals surface area contributed by atoms with Crippen LogP contribution < -0.4 is 15.8 Å². The SMILES string of the molecule is CCOc1ccc(C(=O)NCC2(SC)CCC2)cc1N. The molecule has 0 aliphatic heterocycles. The molecule has 0 aromatic heterocycles. The van der Waals surface area contributed by atoms with Gasteiger partial charge in [0, 0.05) is 16.9 Å². The lowest BCUT2D eigenvalue weighted by atomic mass is 9.84. The fourth-order valence-corrected chi connectivity index (χ4v) is 3.26. The van der Waals surface area contributed by atoms with Crippen LogP contribution in [0, 0.1) is 0 Å². The molecule has 2 rings (SSSR count). The van der Waals surface area contributed by atoms with Crippen molar-refractivity contribution < 1.29 is 9.53 Å². The van der Waals surface area contributed by atoms with E-state index in [0.29, 0.717) is 23.6 Å². The number of hydrogen-bond donors (Lipinski definition) is 2. The number of nitrogen functional groups attached to an aromatic ring is 1. The van der Waals surface area contributed by atoms with E-state index in [1.165, 1.54) is 19.3 Å². The number of benzene rings is 1. The maximum absolute atomic E-state index is 12.2. The first-order valence-electron chi connectivity index (χ1n) is 6.96. The second-order valence-corrected chi connectivity index (χ2v) is 6.38.